The van der Waals surface area contributed by atoms with E-state index in [1.807, 2.05) is 0 Å². The summed E-state index contributed by atoms with van der Waals surface area (Å²) < 4.78 is 44.5. The second-order valence-electron chi connectivity index (χ2n) is 9.64. The van der Waals surface area contributed by atoms with Gasteiger partial charge in [-0.25, -0.2) is 14.8 Å². The number of fused-ring (bicyclic) bond motifs is 4. The van der Waals surface area contributed by atoms with Gasteiger partial charge < -0.3 is 19.8 Å². The lowest BCUT2D eigenvalue weighted by Gasteiger charge is -2.46. The molecule has 1 saturated heterocycles. The van der Waals surface area contributed by atoms with Gasteiger partial charge in [-0.2, -0.15) is 13.2 Å². The van der Waals surface area contributed by atoms with Crippen molar-refractivity contribution in [1.29, 1.82) is 0 Å². The molecule has 0 spiro atoms. The predicted molar refractivity (Wildman–Crippen MR) is 133 cm³/mol. The average molecular weight is 538 g/mol. The molecule has 13 heteroatoms. The van der Waals surface area contributed by atoms with Crippen molar-refractivity contribution in [3.63, 3.8) is 0 Å². The number of nitrogens with one attached hydrogen (secondary N) is 1. The van der Waals surface area contributed by atoms with Crippen LogP contribution in [0.15, 0.2) is 24.4 Å². The van der Waals surface area contributed by atoms with Gasteiger partial charge in [0.05, 0.1) is 30.5 Å². The quantitative estimate of drug-likeness (QED) is 0.438. The molecule has 2 amide bonds. The molecular formula is C25H30F3N5O5. The number of aliphatic hydroxyl groups is 2. The maximum absolute atomic E-state index is 13.5. The van der Waals surface area contributed by atoms with Crippen LogP contribution in [0.1, 0.15) is 42.2 Å². The molecular weight excluding hydrogens is 507 g/mol. The summed E-state index contributed by atoms with van der Waals surface area (Å²) in [5, 5.41) is 21.0. The molecule has 0 radical (unpaired) electrons. The minimum Gasteiger partial charge on any atom is -0.489 e. The summed E-state index contributed by atoms with van der Waals surface area (Å²) in [6.07, 6.45) is -3.38. The Hall–Kier alpha value is -3.45. The molecule has 4 heterocycles. The van der Waals surface area contributed by atoms with Crippen LogP contribution in [0.5, 0.6) is 5.75 Å². The smallest absolute Gasteiger partial charge is 0.391 e. The number of pyridine rings is 2. The van der Waals surface area contributed by atoms with E-state index in [4.69, 9.17) is 9.84 Å². The number of nitrogens with zero attached hydrogens (tertiary/aromatic N) is 4. The number of aromatic nitrogens is 2. The molecule has 2 aromatic rings. The maximum Gasteiger partial charge on any atom is 0.391 e. The normalized spacial score (nSPS) is 18.4. The Bertz CT molecular complexity index is 1180. The molecule has 3 atom stereocenters. The number of alkyl halides is 3. The monoisotopic (exact) mass is 537 g/mol. The molecule has 38 heavy (non-hydrogen) atoms. The second kappa shape index (κ2) is 11.1. The van der Waals surface area contributed by atoms with E-state index in [9.17, 15) is 27.9 Å². The fourth-order valence-corrected chi connectivity index (χ4v) is 4.61. The van der Waals surface area contributed by atoms with E-state index in [0.717, 1.165) is 19.9 Å². The number of carbonyl (C=O) groups is 2. The van der Waals surface area contributed by atoms with Crippen LogP contribution in [0.25, 0.3) is 0 Å². The predicted octanol–water partition coefficient (Wildman–Crippen LogP) is 3.31. The zero-order valence-corrected chi connectivity index (χ0v) is 21.0. The number of amides is 2. The third kappa shape index (κ3) is 5.99. The molecule has 2 aliphatic heterocycles. The highest BCUT2D eigenvalue weighted by Gasteiger charge is 2.41. The minimum atomic E-state index is -4.50. The Morgan fingerprint density at radius 2 is 2.08 bits per heavy atom. The number of piperidine rings is 1. The van der Waals surface area contributed by atoms with Gasteiger partial charge in [0.2, 0.25) is 0 Å². The summed E-state index contributed by atoms with van der Waals surface area (Å²) in [5.41, 5.74) is 1.22. The first-order chi connectivity index (χ1) is 18.0. The lowest BCUT2D eigenvalue weighted by Crippen LogP contribution is -2.56. The van der Waals surface area contributed by atoms with E-state index in [-0.39, 0.29) is 30.0 Å². The first-order valence-electron chi connectivity index (χ1n) is 12.3. The van der Waals surface area contributed by atoms with Crippen molar-refractivity contribution in [2.45, 2.75) is 51.4 Å². The van der Waals surface area contributed by atoms with Crippen LogP contribution in [0.2, 0.25) is 0 Å². The van der Waals surface area contributed by atoms with Crippen LogP contribution >= 0.6 is 0 Å². The number of carbonyl (C=O) groups excluding carboxylic acids is 2. The number of hydrogen-bond donors (Lipinski definition) is 3. The molecule has 2 aliphatic rings. The van der Waals surface area contributed by atoms with Gasteiger partial charge in [-0.1, -0.05) is 6.92 Å². The summed E-state index contributed by atoms with van der Waals surface area (Å²) in [6, 6.07) is 3.76. The summed E-state index contributed by atoms with van der Waals surface area (Å²) in [7, 11) is 0. The summed E-state index contributed by atoms with van der Waals surface area (Å²) in [4.78, 5) is 38.3. The number of rotatable bonds is 8. The molecule has 2 bridgehead atoms. The van der Waals surface area contributed by atoms with Crippen LogP contribution in [-0.4, -0.2) is 76.6 Å². The Labute approximate surface area is 217 Å². The molecule has 3 N–H and O–H groups in total. The lowest BCUT2D eigenvalue weighted by molar-refractivity contribution is -0.168. The van der Waals surface area contributed by atoms with Crippen molar-refractivity contribution >= 4 is 29.1 Å². The Morgan fingerprint density at radius 1 is 1.32 bits per heavy atom. The number of urea groups is 1. The maximum atomic E-state index is 13.5. The van der Waals surface area contributed by atoms with E-state index in [2.05, 4.69) is 20.2 Å². The SMILES string of the molecule is Cc1cc(C(=O)C[C@H](C)C(F)(F)F)nc2c1N1CCC[C@@H](C1)N2C(=O)Nc1ccc(OC[C@@H](O)CO)cn1. The number of Topliss-reactive ketones (excluding diaryl/α,β-unsaturated/α-hetero) is 1. The summed E-state index contributed by atoms with van der Waals surface area (Å²) >= 11 is 0. The molecule has 206 valence electrons. The van der Waals surface area contributed by atoms with Gasteiger partial charge >= 0.3 is 12.2 Å². The van der Waals surface area contributed by atoms with E-state index in [1.165, 1.54) is 23.2 Å². The number of aryl methyl sites for hydroxylation is 1. The highest BCUT2D eigenvalue weighted by atomic mass is 19.4. The van der Waals surface area contributed by atoms with Crippen LogP contribution in [0.4, 0.5) is 35.3 Å². The molecule has 0 unspecified atom stereocenters. The lowest BCUT2D eigenvalue weighted by atomic mass is 9.96. The van der Waals surface area contributed by atoms with E-state index in [0.29, 0.717) is 30.0 Å². The minimum absolute atomic E-state index is 0.110. The highest BCUT2D eigenvalue weighted by Crippen LogP contribution is 2.41. The zero-order chi connectivity index (χ0) is 27.6. The van der Waals surface area contributed by atoms with E-state index < -0.39 is 43.0 Å². The van der Waals surface area contributed by atoms with Gasteiger partial charge in [-0.15, -0.1) is 0 Å². The van der Waals surface area contributed by atoms with Crippen molar-refractivity contribution in [3.05, 3.63) is 35.7 Å². The first-order valence-corrected chi connectivity index (χ1v) is 12.3. The van der Waals surface area contributed by atoms with Gasteiger partial charge in [-0.05, 0) is 43.5 Å². The van der Waals surface area contributed by atoms with Crippen LogP contribution in [-0.2, 0) is 0 Å². The number of hydrogen-bond acceptors (Lipinski definition) is 8. The number of ether oxygens (including phenoxy) is 1. The summed E-state index contributed by atoms with van der Waals surface area (Å²) in [6.45, 7) is 3.45. The molecule has 0 saturated carbocycles. The third-order valence-corrected chi connectivity index (χ3v) is 6.65. The van der Waals surface area contributed by atoms with Crippen LogP contribution < -0.4 is 19.9 Å². The Morgan fingerprint density at radius 3 is 2.74 bits per heavy atom. The largest absolute Gasteiger partial charge is 0.489 e. The second-order valence-corrected chi connectivity index (χ2v) is 9.64. The van der Waals surface area contributed by atoms with Crippen molar-refractivity contribution < 1.29 is 37.7 Å². The van der Waals surface area contributed by atoms with Crippen molar-refractivity contribution in [1.82, 2.24) is 9.97 Å². The van der Waals surface area contributed by atoms with E-state index in [1.54, 1.807) is 13.0 Å². The van der Waals surface area contributed by atoms with E-state index >= 15 is 0 Å². The van der Waals surface area contributed by atoms with Gasteiger partial charge in [0.25, 0.3) is 0 Å². The summed E-state index contributed by atoms with van der Waals surface area (Å²) in [5.74, 6) is -1.78. The third-order valence-electron chi connectivity index (χ3n) is 6.65. The molecule has 2 aromatic heterocycles. The van der Waals surface area contributed by atoms with Crippen molar-refractivity contribution in [3.8, 4) is 5.75 Å². The Kier molecular flexibility index (Phi) is 8.07. The zero-order valence-electron chi connectivity index (χ0n) is 21.0. The van der Waals surface area contributed by atoms with Gasteiger partial charge in [-0.3, -0.25) is 15.0 Å². The molecule has 4 rings (SSSR count). The topological polar surface area (TPSA) is 128 Å². The molecule has 0 aromatic carbocycles. The van der Waals surface area contributed by atoms with Crippen LogP contribution in [0.3, 0.4) is 0 Å². The fourth-order valence-electron chi connectivity index (χ4n) is 4.61. The van der Waals surface area contributed by atoms with Crippen molar-refractivity contribution in [2.24, 2.45) is 5.92 Å². The molecule has 1 fully saturated rings. The standard InChI is InChI=1S/C25H30F3N5O5/c1-14-8-19(20(36)9-15(2)25(26,27)28)30-23-22(14)32-7-3-4-16(11-32)33(23)24(37)31-21-6-5-18(10-29-21)38-13-17(35)12-34/h5-6,8,10,15-17,34-35H,3-4,7,9,11-13H2,1-2H3,(H,29,31,37)/t15-,16-,17-/m0/s1. The number of ketones is 1. The fraction of sp³-hybridized carbons (Fsp3) is 0.520. The average Bonchev–Trinajstić information content (AvgIpc) is 2.87. The number of anilines is 3. The van der Waals surface area contributed by atoms with Gasteiger partial charge in [0, 0.05) is 19.5 Å². The van der Waals surface area contributed by atoms with Crippen molar-refractivity contribution in [2.75, 3.05) is 41.4 Å². The van der Waals surface area contributed by atoms with Gasteiger partial charge in [0.15, 0.2) is 11.6 Å². The first kappa shape index (κ1) is 27.6. The molecule has 0 aliphatic carbocycles. The molecule has 10 nitrogen and oxygen atoms in total. The van der Waals surface area contributed by atoms with Crippen LogP contribution in [0, 0.1) is 12.8 Å². The Balaban J connectivity index is 1.58. The van der Waals surface area contributed by atoms with Gasteiger partial charge in [0.1, 0.15) is 30.0 Å². The number of halogens is 3. The number of aliphatic hydroxyl groups excluding tert-OH is 2. The highest BCUT2D eigenvalue weighted by molar-refractivity contribution is 6.05.